The number of carbonyl (C=O) groups excluding carboxylic acids is 1. The number of para-hydroxylation sites is 2. The Bertz CT molecular complexity index is 675. The van der Waals surface area contributed by atoms with E-state index >= 15 is 0 Å². The predicted molar refractivity (Wildman–Crippen MR) is 101 cm³/mol. The van der Waals surface area contributed by atoms with Gasteiger partial charge < -0.3 is 19.7 Å². The van der Waals surface area contributed by atoms with Gasteiger partial charge in [-0.1, -0.05) is 19.1 Å². The number of nitrogens with zero attached hydrogens (tertiary/aromatic N) is 4. The number of likely N-dealkylation sites (N-methyl/N-ethyl adjacent to an activating group) is 1. The van der Waals surface area contributed by atoms with Crippen LogP contribution in [-0.2, 0) is 11.3 Å². The van der Waals surface area contributed by atoms with Gasteiger partial charge in [-0.3, -0.25) is 4.79 Å². The second-order valence-electron chi connectivity index (χ2n) is 6.69. The summed E-state index contributed by atoms with van der Waals surface area (Å²) >= 11 is 0. The topological polar surface area (TPSA) is 53.4 Å². The molecule has 0 radical (unpaired) electrons. The molecule has 0 atom stereocenters. The summed E-state index contributed by atoms with van der Waals surface area (Å²) in [4.78, 5) is 21.5. The summed E-state index contributed by atoms with van der Waals surface area (Å²) in [6.45, 7) is 10.3. The van der Waals surface area contributed by atoms with E-state index in [0.717, 1.165) is 43.5 Å². The Kier molecular flexibility index (Phi) is 6.42. The summed E-state index contributed by atoms with van der Waals surface area (Å²) in [5.74, 6) is 0.0553. The van der Waals surface area contributed by atoms with Crippen molar-refractivity contribution in [3.05, 3.63) is 30.6 Å². The number of unbranched alkanes of at least 4 members (excludes halogenated alkanes) is 1. The van der Waals surface area contributed by atoms with Crippen LogP contribution in [0.15, 0.2) is 30.6 Å². The SMILES string of the molecule is CCN1CCN(CCCCNC(=O)Cn2cnc3ccccc32)CC1. The van der Waals surface area contributed by atoms with E-state index in [1.165, 1.54) is 26.2 Å². The van der Waals surface area contributed by atoms with Crippen LogP contribution in [0.3, 0.4) is 0 Å². The number of rotatable bonds is 8. The van der Waals surface area contributed by atoms with Crippen LogP contribution in [-0.4, -0.2) is 71.1 Å². The Morgan fingerprint density at radius 2 is 1.88 bits per heavy atom. The lowest BCUT2D eigenvalue weighted by atomic mass is 10.2. The summed E-state index contributed by atoms with van der Waals surface area (Å²) in [6, 6.07) is 7.89. The lowest BCUT2D eigenvalue weighted by molar-refractivity contribution is -0.121. The first-order valence-corrected chi connectivity index (χ1v) is 9.37. The van der Waals surface area contributed by atoms with E-state index < -0.39 is 0 Å². The maximum atomic E-state index is 12.1. The van der Waals surface area contributed by atoms with Crippen LogP contribution < -0.4 is 5.32 Å². The quantitative estimate of drug-likeness (QED) is 0.739. The zero-order chi connectivity index (χ0) is 17.5. The molecule has 1 aromatic heterocycles. The number of amides is 1. The molecule has 0 saturated carbocycles. The summed E-state index contributed by atoms with van der Waals surface area (Å²) < 4.78 is 1.90. The van der Waals surface area contributed by atoms with E-state index in [1.807, 2.05) is 28.8 Å². The zero-order valence-electron chi connectivity index (χ0n) is 15.2. The van der Waals surface area contributed by atoms with E-state index in [-0.39, 0.29) is 5.91 Å². The Morgan fingerprint density at radius 1 is 1.12 bits per heavy atom. The van der Waals surface area contributed by atoms with Crippen molar-refractivity contribution in [3.8, 4) is 0 Å². The fraction of sp³-hybridized carbons (Fsp3) is 0.579. The molecule has 1 N–H and O–H groups in total. The third-order valence-electron chi connectivity index (χ3n) is 4.98. The molecule has 2 aromatic rings. The fourth-order valence-electron chi connectivity index (χ4n) is 3.36. The van der Waals surface area contributed by atoms with Crippen molar-refractivity contribution in [3.63, 3.8) is 0 Å². The summed E-state index contributed by atoms with van der Waals surface area (Å²) in [7, 11) is 0. The largest absolute Gasteiger partial charge is 0.355 e. The number of imidazole rings is 1. The van der Waals surface area contributed by atoms with Crippen molar-refractivity contribution in [2.75, 3.05) is 45.8 Å². The maximum absolute atomic E-state index is 12.1. The Labute approximate surface area is 149 Å². The van der Waals surface area contributed by atoms with Crippen molar-refractivity contribution in [2.45, 2.75) is 26.3 Å². The normalized spacial score (nSPS) is 16.4. The molecule has 1 aliphatic rings. The van der Waals surface area contributed by atoms with Gasteiger partial charge in [-0.05, 0) is 38.1 Å². The van der Waals surface area contributed by atoms with Gasteiger partial charge >= 0.3 is 0 Å². The van der Waals surface area contributed by atoms with E-state index in [2.05, 4.69) is 27.0 Å². The van der Waals surface area contributed by atoms with E-state index in [4.69, 9.17) is 0 Å². The van der Waals surface area contributed by atoms with Crippen LogP contribution >= 0.6 is 0 Å². The first kappa shape index (κ1) is 17.9. The highest BCUT2D eigenvalue weighted by molar-refractivity contribution is 5.80. The minimum absolute atomic E-state index is 0.0553. The number of aromatic nitrogens is 2. The minimum atomic E-state index is 0.0553. The molecule has 0 bridgehead atoms. The molecule has 1 aromatic carbocycles. The molecule has 1 fully saturated rings. The summed E-state index contributed by atoms with van der Waals surface area (Å²) in [5, 5.41) is 3.03. The second kappa shape index (κ2) is 8.97. The summed E-state index contributed by atoms with van der Waals surface area (Å²) in [5.41, 5.74) is 1.93. The van der Waals surface area contributed by atoms with Crippen molar-refractivity contribution in [2.24, 2.45) is 0 Å². The highest BCUT2D eigenvalue weighted by Gasteiger charge is 2.14. The molecule has 25 heavy (non-hydrogen) atoms. The monoisotopic (exact) mass is 343 g/mol. The second-order valence-corrected chi connectivity index (χ2v) is 6.69. The first-order valence-electron chi connectivity index (χ1n) is 9.37. The average molecular weight is 343 g/mol. The highest BCUT2D eigenvalue weighted by atomic mass is 16.1. The molecule has 2 heterocycles. The molecular weight excluding hydrogens is 314 g/mol. The smallest absolute Gasteiger partial charge is 0.239 e. The number of benzene rings is 1. The molecule has 3 rings (SSSR count). The molecule has 0 spiro atoms. The van der Waals surface area contributed by atoms with Gasteiger partial charge in [-0.15, -0.1) is 0 Å². The van der Waals surface area contributed by atoms with Crippen molar-refractivity contribution in [1.29, 1.82) is 0 Å². The minimum Gasteiger partial charge on any atom is -0.355 e. The molecule has 0 unspecified atom stereocenters. The third-order valence-corrected chi connectivity index (χ3v) is 4.98. The van der Waals surface area contributed by atoms with Crippen LogP contribution in [0.1, 0.15) is 19.8 Å². The molecule has 1 saturated heterocycles. The van der Waals surface area contributed by atoms with Crippen LogP contribution in [0, 0.1) is 0 Å². The van der Waals surface area contributed by atoms with Crippen LogP contribution in [0.4, 0.5) is 0 Å². The molecule has 1 amide bonds. The standard InChI is InChI=1S/C19H29N5O/c1-2-22-11-13-23(14-12-22)10-6-5-9-20-19(25)15-24-16-21-17-7-3-4-8-18(17)24/h3-4,7-8,16H,2,5-6,9-15H2,1H3,(H,20,25). The Balaban J connectivity index is 1.31. The van der Waals surface area contributed by atoms with E-state index in [9.17, 15) is 4.79 Å². The van der Waals surface area contributed by atoms with Gasteiger partial charge in [0.25, 0.3) is 0 Å². The van der Waals surface area contributed by atoms with Gasteiger partial charge in [-0.2, -0.15) is 0 Å². The number of hydrogen-bond acceptors (Lipinski definition) is 4. The van der Waals surface area contributed by atoms with Crippen molar-refractivity contribution < 1.29 is 4.79 Å². The molecule has 136 valence electrons. The van der Waals surface area contributed by atoms with Gasteiger partial charge in [0.15, 0.2) is 0 Å². The Morgan fingerprint density at radius 3 is 2.68 bits per heavy atom. The van der Waals surface area contributed by atoms with Gasteiger partial charge in [-0.25, -0.2) is 4.98 Å². The van der Waals surface area contributed by atoms with Gasteiger partial charge in [0.05, 0.1) is 17.4 Å². The lowest BCUT2D eigenvalue weighted by Gasteiger charge is -2.33. The summed E-state index contributed by atoms with van der Waals surface area (Å²) in [6.07, 6.45) is 3.91. The molecule has 0 aliphatic carbocycles. The molecule has 6 heteroatoms. The highest BCUT2D eigenvalue weighted by Crippen LogP contribution is 2.11. The number of carbonyl (C=O) groups is 1. The average Bonchev–Trinajstić information content (AvgIpc) is 3.05. The van der Waals surface area contributed by atoms with E-state index in [0.29, 0.717) is 6.54 Å². The number of piperazine rings is 1. The fourth-order valence-corrected chi connectivity index (χ4v) is 3.36. The Hall–Kier alpha value is -1.92. The predicted octanol–water partition coefficient (Wildman–Crippen LogP) is 1.57. The van der Waals surface area contributed by atoms with Crippen molar-refractivity contribution >= 4 is 16.9 Å². The first-order chi connectivity index (χ1) is 12.3. The zero-order valence-corrected chi connectivity index (χ0v) is 15.2. The van der Waals surface area contributed by atoms with Crippen LogP contribution in [0.25, 0.3) is 11.0 Å². The third kappa shape index (κ3) is 5.03. The molecular formula is C19H29N5O. The van der Waals surface area contributed by atoms with Crippen LogP contribution in [0.5, 0.6) is 0 Å². The van der Waals surface area contributed by atoms with Gasteiger partial charge in [0.2, 0.25) is 5.91 Å². The maximum Gasteiger partial charge on any atom is 0.239 e. The lowest BCUT2D eigenvalue weighted by Crippen LogP contribution is -2.46. The molecule has 1 aliphatic heterocycles. The number of hydrogen-bond donors (Lipinski definition) is 1. The van der Waals surface area contributed by atoms with Gasteiger partial charge in [0, 0.05) is 32.7 Å². The van der Waals surface area contributed by atoms with Crippen LogP contribution in [0.2, 0.25) is 0 Å². The van der Waals surface area contributed by atoms with E-state index in [1.54, 1.807) is 6.33 Å². The number of nitrogens with one attached hydrogen (secondary N) is 1. The van der Waals surface area contributed by atoms with Crippen molar-refractivity contribution in [1.82, 2.24) is 24.7 Å². The number of fused-ring (bicyclic) bond motifs is 1. The molecule has 6 nitrogen and oxygen atoms in total. The van der Waals surface area contributed by atoms with Gasteiger partial charge in [0.1, 0.15) is 6.54 Å².